The van der Waals surface area contributed by atoms with E-state index in [1.807, 2.05) is 4.90 Å². The van der Waals surface area contributed by atoms with E-state index in [0.717, 1.165) is 38.0 Å². The molecule has 0 aliphatic carbocycles. The Labute approximate surface area is 73.1 Å². The Bertz CT molecular complexity index is 179. The van der Waals surface area contributed by atoms with Crippen molar-refractivity contribution in [1.29, 1.82) is 0 Å². The minimum atomic E-state index is 0.240. The van der Waals surface area contributed by atoms with E-state index in [9.17, 15) is 4.79 Å². The summed E-state index contributed by atoms with van der Waals surface area (Å²) in [6.07, 6.45) is 1.24. The minimum Gasteiger partial charge on any atom is -0.342 e. The maximum absolute atomic E-state index is 11.1. The number of rotatable bonds is 0. The van der Waals surface area contributed by atoms with Crippen LogP contribution in [-0.2, 0) is 4.79 Å². The Hall–Kier alpha value is -0.570. The molecule has 2 fully saturated rings. The van der Waals surface area contributed by atoms with Crippen LogP contribution >= 0.6 is 0 Å². The van der Waals surface area contributed by atoms with Crippen LogP contribution in [0.4, 0.5) is 0 Å². The highest BCUT2D eigenvalue weighted by molar-refractivity contribution is 5.73. The molecule has 0 aromatic carbocycles. The fraction of sp³-hybridized carbons (Fsp3) is 0.889. The predicted molar refractivity (Wildman–Crippen MR) is 46.7 cm³/mol. The Morgan fingerprint density at radius 3 is 2.83 bits per heavy atom. The second-order valence-electron chi connectivity index (χ2n) is 3.94. The highest BCUT2D eigenvalue weighted by Gasteiger charge is 2.35. The molecule has 2 rings (SSSR count). The zero-order chi connectivity index (χ0) is 8.55. The zero-order valence-electron chi connectivity index (χ0n) is 7.55. The fourth-order valence-corrected chi connectivity index (χ4v) is 2.33. The molecule has 2 saturated heterocycles. The van der Waals surface area contributed by atoms with E-state index >= 15 is 0 Å². The first-order valence-electron chi connectivity index (χ1n) is 4.73. The van der Waals surface area contributed by atoms with Gasteiger partial charge in [0.05, 0.1) is 0 Å². The SMILES string of the molecule is CC(=O)N1CC2CCNCC2C1. The number of piperidine rings is 1. The number of carbonyl (C=O) groups excluding carboxylic acids is 1. The lowest BCUT2D eigenvalue weighted by Gasteiger charge is -2.23. The molecule has 0 aromatic rings. The lowest BCUT2D eigenvalue weighted by atomic mass is 9.90. The molecule has 2 atom stereocenters. The van der Waals surface area contributed by atoms with Crippen molar-refractivity contribution >= 4 is 5.91 Å². The van der Waals surface area contributed by atoms with Crippen molar-refractivity contribution in [2.75, 3.05) is 26.2 Å². The topological polar surface area (TPSA) is 32.3 Å². The number of nitrogens with one attached hydrogen (secondary N) is 1. The average molecular weight is 168 g/mol. The van der Waals surface area contributed by atoms with Gasteiger partial charge in [0.15, 0.2) is 0 Å². The van der Waals surface area contributed by atoms with Crippen molar-refractivity contribution < 1.29 is 4.79 Å². The Kier molecular flexibility index (Phi) is 2.05. The summed E-state index contributed by atoms with van der Waals surface area (Å²) < 4.78 is 0. The highest BCUT2D eigenvalue weighted by atomic mass is 16.2. The van der Waals surface area contributed by atoms with Gasteiger partial charge in [0.2, 0.25) is 5.91 Å². The summed E-state index contributed by atoms with van der Waals surface area (Å²) in [5, 5.41) is 3.38. The fourth-order valence-electron chi connectivity index (χ4n) is 2.33. The maximum atomic E-state index is 11.1. The summed E-state index contributed by atoms with van der Waals surface area (Å²) in [5.41, 5.74) is 0. The Morgan fingerprint density at radius 2 is 2.17 bits per heavy atom. The molecule has 68 valence electrons. The normalized spacial score (nSPS) is 34.9. The van der Waals surface area contributed by atoms with Crippen molar-refractivity contribution in [2.24, 2.45) is 11.8 Å². The van der Waals surface area contributed by atoms with Crippen LogP contribution in [0.25, 0.3) is 0 Å². The molecule has 3 heteroatoms. The molecule has 0 spiro atoms. The molecular weight excluding hydrogens is 152 g/mol. The largest absolute Gasteiger partial charge is 0.342 e. The van der Waals surface area contributed by atoms with Gasteiger partial charge in [-0.1, -0.05) is 0 Å². The van der Waals surface area contributed by atoms with Crippen LogP contribution in [0.15, 0.2) is 0 Å². The maximum Gasteiger partial charge on any atom is 0.219 e. The summed E-state index contributed by atoms with van der Waals surface area (Å²) in [4.78, 5) is 13.1. The quantitative estimate of drug-likeness (QED) is 0.555. The standard InChI is InChI=1S/C9H16N2O/c1-7(12)11-5-8-2-3-10-4-9(8)6-11/h8-10H,2-6H2,1H3. The van der Waals surface area contributed by atoms with Gasteiger partial charge in [-0.2, -0.15) is 0 Å². The average Bonchev–Trinajstić information content (AvgIpc) is 2.46. The number of hydrogen-bond donors (Lipinski definition) is 1. The van der Waals surface area contributed by atoms with Crippen LogP contribution in [0.1, 0.15) is 13.3 Å². The predicted octanol–water partition coefficient (Wildman–Crippen LogP) is 0.0742. The minimum absolute atomic E-state index is 0.240. The van der Waals surface area contributed by atoms with Gasteiger partial charge in [-0.05, 0) is 31.3 Å². The summed E-state index contributed by atoms with van der Waals surface area (Å²) >= 11 is 0. The summed E-state index contributed by atoms with van der Waals surface area (Å²) in [6.45, 7) is 5.89. The smallest absolute Gasteiger partial charge is 0.219 e. The third-order valence-electron chi connectivity index (χ3n) is 3.12. The number of hydrogen-bond acceptors (Lipinski definition) is 2. The molecule has 2 aliphatic heterocycles. The number of likely N-dealkylation sites (tertiary alicyclic amines) is 1. The molecule has 3 nitrogen and oxygen atoms in total. The Morgan fingerprint density at radius 1 is 1.42 bits per heavy atom. The van der Waals surface area contributed by atoms with Crippen molar-refractivity contribution in [2.45, 2.75) is 13.3 Å². The van der Waals surface area contributed by atoms with E-state index in [1.165, 1.54) is 6.42 Å². The zero-order valence-corrected chi connectivity index (χ0v) is 7.55. The van der Waals surface area contributed by atoms with Gasteiger partial charge < -0.3 is 10.2 Å². The number of amides is 1. The highest BCUT2D eigenvalue weighted by Crippen LogP contribution is 2.27. The van der Waals surface area contributed by atoms with E-state index in [1.54, 1.807) is 6.92 Å². The van der Waals surface area contributed by atoms with Crippen LogP contribution in [0, 0.1) is 11.8 Å². The molecule has 0 radical (unpaired) electrons. The second kappa shape index (κ2) is 3.05. The van der Waals surface area contributed by atoms with Gasteiger partial charge >= 0.3 is 0 Å². The van der Waals surface area contributed by atoms with Crippen LogP contribution in [0.2, 0.25) is 0 Å². The van der Waals surface area contributed by atoms with Crippen molar-refractivity contribution in [1.82, 2.24) is 10.2 Å². The van der Waals surface area contributed by atoms with E-state index in [-0.39, 0.29) is 5.91 Å². The molecular formula is C9H16N2O. The van der Waals surface area contributed by atoms with E-state index < -0.39 is 0 Å². The first-order chi connectivity index (χ1) is 5.77. The van der Waals surface area contributed by atoms with Crippen molar-refractivity contribution in [3.8, 4) is 0 Å². The third kappa shape index (κ3) is 1.33. The van der Waals surface area contributed by atoms with Crippen LogP contribution in [0.5, 0.6) is 0 Å². The molecule has 0 bridgehead atoms. The molecule has 2 heterocycles. The third-order valence-corrected chi connectivity index (χ3v) is 3.12. The molecule has 12 heavy (non-hydrogen) atoms. The van der Waals surface area contributed by atoms with Crippen molar-refractivity contribution in [3.05, 3.63) is 0 Å². The van der Waals surface area contributed by atoms with Crippen LogP contribution in [0.3, 0.4) is 0 Å². The molecule has 0 aromatic heterocycles. The van der Waals surface area contributed by atoms with Gasteiger partial charge in [-0.3, -0.25) is 4.79 Å². The van der Waals surface area contributed by atoms with Crippen LogP contribution < -0.4 is 5.32 Å². The van der Waals surface area contributed by atoms with E-state index in [0.29, 0.717) is 0 Å². The number of fused-ring (bicyclic) bond motifs is 1. The summed E-state index contributed by atoms with van der Waals surface area (Å²) in [6, 6.07) is 0. The lowest BCUT2D eigenvalue weighted by Crippen LogP contribution is -2.35. The van der Waals surface area contributed by atoms with Gasteiger partial charge in [-0.25, -0.2) is 0 Å². The van der Waals surface area contributed by atoms with E-state index in [4.69, 9.17) is 0 Å². The molecule has 2 aliphatic rings. The van der Waals surface area contributed by atoms with Gasteiger partial charge in [0.25, 0.3) is 0 Å². The molecule has 2 unspecified atom stereocenters. The Balaban J connectivity index is 1.98. The first-order valence-corrected chi connectivity index (χ1v) is 4.73. The second-order valence-corrected chi connectivity index (χ2v) is 3.94. The lowest BCUT2D eigenvalue weighted by molar-refractivity contribution is -0.128. The first kappa shape index (κ1) is 8.05. The number of nitrogens with zero attached hydrogens (tertiary/aromatic N) is 1. The summed E-state index contributed by atoms with van der Waals surface area (Å²) in [7, 11) is 0. The molecule has 0 saturated carbocycles. The van der Waals surface area contributed by atoms with Crippen LogP contribution in [-0.4, -0.2) is 37.0 Å². The van der Waals surface area contributed by atoms with Gasteiger partial charge in [-0.15, -0.1) is 0 Å². The summed E-state index contributed by atoms with van der Waals surface area (Å²) in [5.74, 6) is 1.74. The molecule has 1 N–H and O–H groups in total. The van der Waals surface area contributed by atoms with Gasteiger partial charge in [0.1, 0.15) is 0 Å². The number of carbonyl (C=O) groups is 1. The van der Waals surface area contributed by atoms with E-state index in [2.05, 4.69) is 5.32 Å². The van der Waals surface area contributed by atoms with Crippen molar-refractivity contribution in [3.63, 3.8) is 0 Å². The van der Waals surface area contributed by atoms with Gasteiger partial charge in [0, 0.05) is 20.0 Å². The monoisotopic (exact) mass is 168 g/mol. The molecule has 1 amide bonds.